The fourth-order valence-electron chi connectivity index (χ4n) is 1.94. The van der Waals surface area contributed by atoms with Gasteiger partial charge in [-0.15, -0.1) is 0 Å². The summed E-state index contributed by atoms with van der Waals surface area (Å²) in [6.07, 6.45) is 1.09. The van der Waals surface area contributed by atoms with Crippen LogP contribution in [0.3, 0.4) is 0 Å². The molecule has 2 rings (SSSR count). The van der Waals surface area contributed by atoms with E-state index in [1.165, 1.54) is 0 Å². The van der Waals surface area contributed by atoms with Gasteiger partial charge in [0.05, 0.1) is 6.61 Å². The number of esters is 1. The van der Waals surface area contributed by atoms with Crippen LogP contribution < -0.4 is 14.2 Å². The normalized spacial score (nSPS) is 10.0. The third-order valence-electron chi connectivity index (χ3n) is 3.09. The highest BCUT2D eigenvalue weighted by Gasteiger charge is 2.15. The minimum atomic E-state index is -0.581. The molecular weight excluding hydrogens is 308 g/mol. The second kappa shape index (κ2) is 9.37. The molecule has 5 heteroatoms. The minimum absolute atomic E-state index is 0.231. The number of carbonyl (C=O) groups excluding carboxylic acids is 1. The van der Waals surface area contributed by atoms with E-state index in [9.17, 15) is 4.79 Å². The fourth-order valence-corrected chi connectivity index (χ4v) is 1.94. The molecule has 0 atom stereocenters. The first-order valence-electron chi connectivity index (χ1n) is 7.50. The summed E-state index contributed by atoms with van der Waals surface area (Å²) in [6.45, 7) is 4.51. The van der Waals surface area contributed by atoms with Crippen molar-refractivity contribution in [1.82, 2.24) is 0 Å². The zero-order chi connectivity index (χ0) is 17.2. The molecule has 2 aromatic rings. The van der Waals surface area contributed by atoms with Gasteiger partial charge in [0.15, 0.2) is 11.5 Å². The average Bonchev–Trinajstić information content (AvgIpc) is 2.62. The van der Waals surface area contributed by atoms with Crippen molar-refractivity contribution in [3.8, 4) is 17.2 Å². The summed E-state index contributed by atoms with van der Waals surface area (Å²) in [4.78, 5) is 11.6. The van der Waals surface area contributed by atoms with Crippen molar-refractivity contribution in [2.24, 2.45) is 0 Å². The molecule has 0 saturated heterocycles. The van der Waals surface area contributed by atoms with Crippen LogP contribution in [0.15, 0.2) is 61.2 Å². The van der Waals surface area contributed by atoms with Gasteiger partial charge < -0.3 is 18.9 Å². The van der Waals surface area contributed by atoms with Gasteiger partial charge in [-0.25, -0.2) is 4.79 Å². The molecule has 0 aliphatic carbocycles. The molecule has 24 heavy (non-hydrogen) atoms. The van der Waals surface area contributed by atoms with Gasteiger partial charge in [0, 0.05) is 13.2 Å². The van der Waals surface area contributed by atoms with E-state index in [1.807, 2.05) is 30.3 Å². The molecule has 0 saturated carbocycles. The molecule has 0 amide bonds. The van der Waals surface area contributed by atoms with Crippen molar-refractivity contribution < 1.29 is 23.7 Å². The van der Waals surface area contributed by atoms with Gasteiger partial charge in [-0.05, 0) is 17.7 Å². The summed E-state index contributed by atoms with van der Waals surface area (Å²) in [6, 6.07) is 14.9. The van der Waals surface area contributed by atoms with Crippen molar-refractivity contribution in [1.29, 1.82) is 0 Å². The van der Waals surface area contributed by atoms with E-state index in [1.54, 1.807) is 25.3 Å². The molecule has 0 aromatic heterocycles. The fraction of sp³-hybridized carbons (Fsp3) is 0.211. The predicted molar refractivity (Wildman–Crippen MR) is 90.4 cm³/mol. The lowest BCUT2D eigenvalue weighted by Crippen LogP contribution is -2.10. The van der Waals surface area contributed by atoms with Crippen LogP contribution >= 0.6 is 0 Å². The molecule has 0 unspecified atom stereocenters. The zero-order valence-electron chi connectivity index (χ0n) is 13.6. The maximum atomic E-state index is 11.6. The molecule has 2 aromatic carbocycles. The molecule has 0 aliphatic rings. The Hall–Kier alpha value is -2.79. The number of hydrogen-bond acceptors (Lipinski definition) is 5. The number of hydrogen-bond donors (Lipinski definition) is 0. The van der Waals surface area contributed by atoms with E-state index < -0.39 is 5.97 Å². The molecular formula is C19H20O5. The Morgan fingerprint density at radius 1 is 1.00 bits per heavy atom. The van der Waals surface area contributed by atoms with Gasteiger partial charge in [-0.2, -0.15) is 0 Å². The minimum Gasteiger partial charge on any atom is -0.487 e. The van der Waals surface area contributed by atoms with E-state index >= 15 is 0 Å². The predicted octanol–water partition coefficient (Wildman–Crippen LogP) is 3.38. The van der Waals surface area contributed by atoms with Crippen LogP contribution in [-0.2, 0) is 16.1 Å². The Morgan fingerprint density at radius 3 is 2.38 bits per heavy atom. The standard InChI is InChI=1S/C19H20O5/c1-3-18(20)24-19-16(22-13-12-21-2)10-7-11-17(19)23-14-15-8-5-4-6-9-15/h3-11H,1,12-14H2,2H3. The maximum absolute atomic E-state index is 11.6. The number of benzene rings is 2. The van der Waals surface area contributed by atoms with E-state index in [-0.39, 0.29) is 5.75 Å². The quantitative estimate of drug-likeness (QED) is 0.306. The SMILES string of the molecule is C=CC(=O)Oc1c(OCCOC)cccc1OCc1ccccc1. The largest absolute Gasteiger partial charge is 0.487 e. The van der Waals surface area contributed by atoms with E-state index in [0.29, 0.717) is 31.3 Å². The highest BCUT2D eigenvalue weighted by Crippen LogP contribution is 2.37. The van der Waals surface area contributed by atoms with Crippen LogP contribution in [0.5, 0.6) is 17.2 Å². The summed E-state index contributed by atoms with van der Waals surface area (Å²) >= 11 is 0. The summed E-state index contributed by atoms with van der Waals surface area (Å²) in [7, 11) is 1.58. The lowest BCUT2D eigenvalue weighted by Gasteiger charge is -2.15. The van der Waals surface area contributed by atoms with Crippen LogP contribution in [0.2, 0.25) is 0 Å². The van der Waals surface area contributed by atoms with E-state index in [0.717, 1.165) is 11.6 Å². The molecule has 0 fully saturated rings. The molecule has 5 nitrogen and oxygen atoms in total. The van der Waals surface area contributed by atoms with E-state index in [2.05, 4.69) is 6.58 Å². The molecule has 0 N–H and O–H groups in total. The number of ether oxygens (including phenoxy) is 4. The Morgan fingerprint density at radius 2 is 1.71 bits per heavy atom. The summed E-state index contributed by atoms with van der Waals surface area (Å²) < 4.78 is 21.7. The number of para-hydroxylation sites is 1. The maximum Gasteiger partial charge on any atom is 0.335 e. The van der Waals surface area contributed by atoms with E-state index in [4.69, 9.17) is 18.9 Å². The van der Waals surface area contributed by atoms with Crippen LogP contribution in [0.4, 0.5) is 0 Å². The summed E-state index contributed by atoms with van der Waals surface area (Å²) in [5.41, 5.74) is 1.00. The number of carbonyl (C=O) groups is 1. The lowest BCUT2D eigenvalue weighted by atomic mass is 10.2. The van der Waals surface area contributed by atoms with Crippen LogP contribution in [0.25, 0.3) is 0 Å². The van der Waals surface area contributed by atoms with Crippen molar-refractivity contribution in [2.75, 3.05) is 20.3 Å². The van der Waals surface area contributed by atoms with Crippen molar-refractivity contribution in [2.45, 2.75) is 6.61 Å². The molecule has 0 heterocycles. The average molecular weight is 328 g/mol. The first-order chi connectivity index (χ1) is 11.7. The first-order valence-corrected chi connectivity index (χ1v) is 7.50. The van der Waals surface area contributed by atoms with Gasteiger partial charge in [0.25, 0.3) is 0 Å². The van der Waals surface area contributed by atoms with Crippen LogP contribution in [-0.4, -0.2) is 26.3 Å². The molecule has 0 bridgehead atoms. The van der Waals surface area contributed by atoms with Crippen LogP contribution in [0, 0.1) is 0 Å². The third-order valence-corrected chi connectivity index (χ3v) is 3.09. The van der Waals surface area contributed by atoms with Crippen molar-refractivity contribution >= 4 is 5.97 Å². The van der Waals surface area contributed by atoms with Gasteiger partial charge in [0.2, 0.25) is 5.75 Å². The molecule has 126 valence electrons. The Balaban J connectivity index is 2.19. The third kappa shape index (κ3) is 5.14. The summed E-state index contributed by atoms with van der Waals surface area (Å²) in [5.74, 6) is 0.480. The first kappa shape index (κ1) is 17.6. The summed E-state index contributed by atoms with van der Waals surface area (Å²) in [5, 5.41) is 0. The van der Waals surface area contributed by atoms with Gasteiger partial charge >= 0.3 is 5.97 Å². The smallest absolute Gasteiger partial charge is 0.335 e. The Labute approximate surface area is 141 Å². The van der Waals surface area contributed by atoms with Crippen molar-refractivity contribution in [3.05, 3.63) is 66.7 Å². The highest BCUT2D eigenvalue weighted by atomic mass is 16.6. The van der Waals surface area contributed by atoms with Crippen molar-refractivity contribution in [3.63, 3.8) is 0 Å². The molecule has 0 spiro atoms. The topological polar surface area (TPSA) is 54.0 Å². The molecule has 0 aliphatic heterocycles. The van der Waals surface area contributed by atoms with Gasteiger partial charge in [-0.1, -0.05) is 43.0 Å². The number of rotatable bonds is 9. The highest BCUT2D eigenvalue weighted by molar-refractivity contribution is 5.84. The second-order valence-corrected chi connectivity index (χ2v) is 4.82. The number of methoxy groups -OCH3 is 1. The lowest BCUT2D eigenvalue weighted by molar-refractivity contribution is -0.129. The Bertz CT molecular complexity index is 667. The Kier molecular flexibility index (Phi) is 6.86. The monoisotopic (exact) mass is 328 g/mol. The van der Waals surface area contributed by atoms with Crippen LogP contribution in [0.1, 0.15) is 5.56 Å². The van der Waals surface area contributed by atoms with Gasteiger partial charge in [-0.3, -0.25) is 0 Å². The second-order valence-electron chi connectivity index (χ2n) is 4.82. The zero-order valence-corrected chi connectivity index (χ0v) is 13.6. The van der Waals surface area contributed by atoms with Gasteiger partial charge in [0.1, 0.15) is 13.2 Å². The molecule has 0 radical (unpaired) electrons.